The molecule has 15 heavy (non-hydrogen) atoms. The molecule has 0 saturated carbocycles. The van der Waals surface area contributed by atoms with Gasteiger partial charge in [-0.25, -0.2) is 4.79 Å². The molecule has 2 aliphatic heterocycles. The molecule has 1 amide bonds. The van der Waals surface area contributed by atoms with Gasteiger partial charge in [-0.3, -0.25) is 0 Å². The van der Waals surface area contributed by atoms with Gasteiger partial charge < -0.3 is 14.8 Å². The highest BCUT2D eigenvalue weighted by Gasteiger charge is 2.42. The quantitative estimate of drug-likeness (QED) is 0.530. The van der Waals surface area contributed by atoms with Gasteiger partial charge in [0.25, 0.3) is 0 Å². The Kier molecular flexibility index (Phi) is 2.79. The minimum absolute atomic E-state index is 0.175. The predicted molar refractivity (Wildman–Crippen MR) is 54.1 cm³/mol. The van der Waals surface area contributed by atoms with Crippen molar-refractivity contribution in [3.63, 3.8) is 0 Å². The Hall–Kier alpha value is -1.26. The van der Waals surface area contributed by atoms with E-state index in [0.717, 1.165) is 18.6 Å². The summed E-state index contributed by atoms with van der Waals surface area (Å²) in [5.41, 5.74) is 0.808. The highest BCUT2D eigenvalue weighted by molar-refractivity contribution is 5.88. The van der Waals surface area contributed by atoms with Crippen molar-refractivity contribution >= 4 is 11.8 Å². The van der Waals surface area contributed by atoms with Crippen LogP contribution in [-0.4, -0.2) is 40.6 Å². The second kappa shape index (κ2) is 4.08. The molecule has 2 atom stereocenters. The van der Waals surface area contributed by atoms with E-state index in [1.54, 1.807) is 0 Å². The van der Waals surface area contributed by atoms with Crippen LogP contribution in [-0.2, 0) is 4.74 Å². The number of fused-ring (bicyclic) bond motifs is 2. The smallest absolute Gasteiger partial charge is 0.410 e. The van der Waals surface area contributed by atoms with Crippen LogP contribution in [0, 0.1) is 0 Å². The van der Waals surface area contributed by atoms with Gasteiger partial charge in [-0.2, -0.15) is 0 Å². The SMILES string of the molecule is CCOC(=O)N1C2CCC1CC(=NO)C2. The van der Waals surface area contributed by atoms with Crippen LogP contribution in [0.25, 0.3) is 0 Å². The van der Waals surface area contributed by atoms with Crippen LogP contribution in [0.15, 0.2) is 5.16 Å². The lowest BCUT2D eigenvalue weighted by Crippen LogP contribution is -2.47. The molecule has 5 heteroatoms. The number of hydrogen-bond acceptors (Lipinski definition) is 4. The predicted octanol–water partition coefficient (Wildman–Crippen LogP) is 1.60. The molecule has 2 heterocycles. The van der Waals surface area contributed by atoms with Crippen LogP contribution in [0.4, 0.5) is 4.79 Å². The summed E-state index contributed by atoms with van der Waals surface area (Å²) in [6.45, 7) is 2.22. The highest BCUT2D eigenvalue weighted by Crippen LogP contribution is 2.34. The Morgan fingerprint density at radius 2 is 2.13 bits per heavy atom. The number of ether oxygens (including phenoxy) is 1. The summed E-state index contributed by atoms with van der Waals surface area (Å²) in [5.74, 6) is 0. The minimum atomic E-state index is -0.220. The van der Waals surface area contributed by atoms with Crippen LogP contribution < -0.4 is 0 Å². The summed E-state index contributed by atoms with van der Waals surface area (Å²) in [6, 6.07) is 0.349. The molecule has 0 aliphatic carbocycles. The fourth-order valence-corrected chi connectivity index (χ4v) is 2.57. The molecule has 1 N–H and O–H groups in total. The van der Waals surface area contributed by atoms with E-state index in [1.807, 2.05) is 11.8 Å². The molecular formula is C10H16N2O3. The summed E-state index contributed by atoms with van der Waals surface area (Å²) >= 11 is 0. The molecule has 2 unspecified atom stereocenters. The van der Waals surface area contributed by atoms with Crippen molar-refractivity contribution in [2.75, 3.05) is 6.61 Å². The van der Waals surface area contributed by atoms with Gasteiger partial charge in [0.05, 0.1) is 12.3 Å². The molecule has 2 saturated heterocycles. The summed E-state index contributed by atoms with van der Waals surface area (Å²) < 4.78 is 5.02. The number of amides is 1. The van der Waals surface area contributed by atoms with Crippen molar-refractivity contribution in [1.82, 2.24) is 4.90 Å². The molecule has 0 radical (unpaired) electrons. The average Bonchev–Trinajstić information content (AvgIpc) is 2.50. The molecule has 0 aromatic heterocycles. The molecule has 2 fully saturated rings. The first-order valence-corrected chi connectivity index (χ1v) is 5.41. The third kappa shape index (κ3) is 1.78. The van der Waals surface area contributed by atoms with E-state index in [9.17, 15) is 4.79 Å². The number of hydrogen-bond donors (Lipinski definition) is 1. The van der Waals surface area contributed by atoms with Gasteiger partial charge in [-0.1, -0.05) is 5.16 Å². The maximum absolute atomic E-state index is 11.7. The van der Waals surface area contributed by atoms with Gasteiger partial charge in [0.1, 0.15) is 0 Å². The lowest BCUT2D eigenvalue weighted by molar-refractivity contribution is 0.0855. The Bertz CT molecular complexity index is 274. The number of carbonyl (C=O) groups excluding carboxylic acids is 1. The summed E-state index contributed by atoms with van der Waals surface area (Å²) in [6.07, 6.45) is 3.13. The van der Waals surface area contributed by atoms with Crippen molar-refractivity contribution < 1.29 is 14.7 Å². The van der Waals surface area contributed by atoms with Crippen molar-refractivity contribution in [3.05, 3.63) is 0 Å². The first-order valence-electron chi connectivity index (χ1n) is 5.41. The lowest BCUT2D eigenvalue weighted by Gasteiger charge is -2.33. The fourth-order valence-electron chi connectivity index (χ4n) is 2.57. The molecule has 0 aromatic carbocycles. The highest BCUT2D eigenvalue weighted by atomic mass is 16.6. The second-order valence-electron chi connectivity index (χ2n) is 4.07. The number of piperidine rings is 1. The number of nitrogens with zero attached hydrogens (tertiary/aromatic N) is 2. The zero-order valence-corrected chi connectivity index (χ0v) is 8.85. The van der Waals surface area contributed by atoms with Crippen LogP contribution in [0.2, 0.25) is 0 Å². The Morgan fingerprint density at radius 1 is 1.53 bits per heavy atom. The van der Waals surface area contributed by atoms with Gasteiger partial charge >= 0.3 is 6.09 Å². The number of rotatable bonds is 1. The third-order valence-electron chi connectivity index (χ3n) is 3.18. The molecule has 0 aromatic rings. The summed E-state index contributed by atoms with van der Waals surface area (Å²) in [7, 11) is 0. The zero-order chi connectivity index (χ0) is 10.8. The molecule has 2 bridgehead atoms. The van der Waals surface area contributed by atoms with Gasteiger partial charge in [0.2, 0.25) is 0 Å². The summed E-state index contributed by atoms with van der Waals surface area (Å²) in [5, 5.41) is 12.0. The maximum Gasteiger partial charge on any atom is 0.410 e. The number of oxime groups is 1. The Labute approximate surface area is 88.7 Å². The van der Waals surface area contributed by atoms with E-state index in [-0.39, 0.29) is 18.2 Å². The van der Waals surface area contributed by atoms with Crippen LogP contribution in [0.1, 0.15) is 32.6 Å². The van der Waals surface area contributed by atoms with Crippen molar-refractivity contribution in [1.29, 1.82) is 0 Å². The lowest BCUT2D eigenvalue weighted by atomic mass is 10.0. The van der Waals surface area contributed by atoms with Gasteiger partial charge in [-0.15, -0.1) is 0 Å². The van der Waals surface area contributed by atoms with Gasteiger partial charge in [0.15, 0.2) is 0 Å². The first-order chi connectivity index (χ1) is 7.26. The van der Waals surface area contributed by atoms with E-state index in [1.165, 1.54) is 0 Å². The van der Waals surface area contributed by atoms with Crippen LogP contribution >= 0.6 is 0 Å². The van der Waals surface area contributed by atoms with Gasteiger partial charge in [0, 0.05) is 24.9 Å². The monoisotopic (exact) mass is 212 g/mol. The standard InChI is InChI=1S/C10H16N2O3/c1-2-15-10(13)12-8-3-4-9(12)6-7(5-8)11-14/h8-9,14H,2-6H2,1H3. The maximum atomic E-state index is 11.7. The number of carbonyl (C=O) groups is 1. The molecule has 2 aliphatic rings. The average molecular weight is 212 g/mol. The van der Waals surface area contributed by atoms with E-state index >= 15 is 0 Å². The van der Waals surface area contributed by atoms with Gasteiger partial charge in [-0.05, 0) is 19.8 Å². The largest absolute Gasteiger partial charge is 0.450 e. The fraction of sp³-hybridized carbons (Fsp3) is 0.800. The zero-order valence-electron chi connectivity index (χ0n) is 8.85. The van der Waals surface area contributed by atoms with E-state index < -0.39 is 0 Å². The molecule has 5 nitrogen and oxygen atoms in total. The van der Waals surface area contributed by atoms with Crippen LogP contribution in [0.5, 0.6) is 0 Å². The Balaban J connectivity index is 2.07. The molecule has 0 spiro atoms. The van der Waals surface area contributed by atoms with Crippen molar-refractivity contribution in [2.24, 2.45) is 5.16 Å². The first kappa shape index (κ1) is 10.3. The Morgan fingerprint density at radius 3 is 2.60 bits per heavy atom. The normalized spacial score (nSPS) is 29.1. The minimum Gasteiger partial charge on any atom is -0.450 e. The van der Waals surface area contributed by atoms with Crippen molar-refractivity contribution in [3.8, 4) is 0 Å². The third-order valence-corrected chi connectivity index (χ3v) is 3.18. The van der Waals surface area contributed by atoms with E-state index in [2.05, 4.69) is 5.16 Å². The van der Waals surface area contributed by atoms with E-state index in [4.69, 9.17) is 9.94 Å². The summed E-state index contributed by atoms with van der Waals surface area (Å²) in [4.78, 5) is 13.5. The van der Waals surface area contributed by atoms with Crippen LogP contribution in [0.3, 0.4) is 0 Å². The second-order valence-corrected chi connectivity index (χ2v) is 4.07. The molecule has 2 rings (SSSR count). The van der Waals surface area contributed by atoms with Crippen molar-refractivity contribution in [2.45, 2.75) is 44.7 Å². The molecular weight excluding hydrogens is 196 g/mol. The molecule has 84 valence electrons. The topological polar surface area (TPSA) is 62.1 Å². The van der Waals surface area contributed by atoms with E-state index in [0.29, 0.717) is 19.4 Å².